The van der Waals surface area contributed by atoms with E-state index in [0.717, 1.165) is 43.7 Å². The zero-order valence-electron chi connectivity index (χ0n) is 11.0. The Hall–Kier alpha value is -1.19. The molecule has 1 saturated heterocycles. The number of hydrogen-bond acceptors (Lipinski definition) is 2. The van der Waals surface area contributed by atoms with Crippen molar-refractivity contribution in [2.24, 2.45) is 0 Å². The van der Waals surface area contributed by atoms with Crippen molar-refractivity contribution in [1.29, 1.82) is 0 Å². The second-order valence-electron chi connectivity index (χ2n) is 4.83. The van der Waals surface area contributed by atoms with Crippen molar-refractivity contribution < 1.29 is 4.39 Å². The van der Waals surface area contributed by atoms with Gasteiger partial charge in [-0.25, -0.2) is 4.39 Å². The van der Waals surface area contributed by atoms with E-state index in [-0.39, 0.29) is 11.9 Å². The smallest absolute Gasteiger partial charge is 0.123 e. The van der Waals surface area contributed by atoms with Gasteiger partial charge in [-0.3, -0.25) is 4.90 Å². The Labute approximate surface area is 108 Å². The number of hydrogen-bond donors (Lipinski definition) is 1. The summed E-state index contributed by atoms with van der Waals surface area (Å²) in [7, 11) is 0. The summed E-state index contributed by atoms with van der Waals surface area (Å²) < 4.78 is 13.5. The molecule has 1 aliphatic heterocycles. The van der Waals surface area contributed by atoms with E-state index in [2.05, 4.69) is 16.8 Å². The van der Waals surface area contributed by atoms with Crippen LogP contribution in [0.5, 0.6) is 0 Å². The number of nitrogens with zero attached hydrogens (tertiary/aromatic N) is 1. The summed E-state index contributed by atoms with van der Waals surface area (Å²) in [6.45, 7) is 9.91. The van der Waals surface area contributed by atoms with Crippen LogP contribution in [0, 0.1) is 12.7 Å². The van der Waals surface area contributed by atoms with Gasteiger partial charge in [-0.15, -0.1) is 6.58 Å². The van der Waals surface area contributed by atoms with Crippen molar-refractivity contribution in [3.05, 3.63) is 47.8 Å². The lowest BCUT2D eigenvalue weighted by atomic mass is 9.96. The van der Waals surface area contributed by atoms with Crippen molar-refractivity contribution in [1.82, 2.24) is 10.2 Å². The lowest BCUT2D eigenvalue weighted by Gasteiger charge is -2.35. The van der Waals surface area contributed by atoms with Crippen LogP contribution in [-0.2, 0) is 0 Å². The molecule has 0 unspecified atom stereocenters. The van der Waals surface area contributed by atoms with Gasteiger partial charge in [0.1, 0.15) is 5.82 Å². The number of benzene rings is 1. The van der Waals surface area contributed by atoms with Gasteiger partial charge < -0.3 is 5.32 Å². The molecule has 1 heterocycles. The zero-order valence-corrected chi connectivity index (χ0v) is 11.0. The Bertz CT molecular complexity index is 411. The quantitative estimate of drug-likeness (QED) is 0.824. The molecule has 18 heavy (non-hydrogen) atoms. The van der Waals surface area contributed by atoms with Crippen molar-refractivity contribution in [2.75, 3.05) is 26.2 Å². The summed E-state index contributed by atoms with van der Waals surface area (Å²) in [6, 6.07) is 5.32. The fourth-order valence-corrected chi connectivity index (χ4v) is 2.59. The summed E-state index contributed by atoms with van der Waals surface area (Å²) in [5.74, 6) is -0.153. The van der Waals surface area contributed by atoms with E-state index in [4.69, 9.17) is 0 Å². The Kier molecular flexibility index (Phi) is 4.50. The minimum Gasteiger partial charge on any atom is -0.314 e. The predicted molar refractivity (Wildman–Crippen MR) is 73.1 cm³/mol. The molecule has 1 N–H and O–H groups in total. The van der Waals surface area contributed by atoms with Gasteiger partial charge in [0.2, 0.25) is 0 Å². The molecule has 1 aromatic rings. The normalized spacial score (nSPS) is 18.6. The first kappa shape index (κ1) is 13.2. The van der Waals surface area contributed by atoms with E-state index < -0.39 is 0 Å². The molecule has 2 nitrogen and oxygen atoms in total. The Morgan fingerprint density at radius 1 is 1.44 bits per heavy atom. The first-order chi connectivity index (χ1) is 8.72. The third kappa shape index (κ3) is 2.98. The van der Waals surface area contributed by atoms with Gasteiger partial charge in [0.25, 0.3) is 0 Å². The average Bonchev–Trinajstić information content (AvgIpc) is 2.40. The van der Waals surface area contributed by atoms with Gasteiger partial charge >= 0.3 is 0 Å². The molecule has 1 aromatic carbocycles. The number of aryl methyl sites for hydroxylation is 1. The summed E-state index contributed by atoms with van der Waals surface area (Å²) in [5.41, 5.74) is 2.25. The van der Waals surface area contributed by atoms with Crippen molar-refractivity contribution in [3.8, 4) is 0 Å². The Morgan fingerprint density at radius 2 is 2.17 bits per heavy atom. The third-order valence-electron chi connectivity index (χ3n) is 3.58. The first-order valence-corrected chi connectivity index (χ1v) is 6.54. The summed E-state index contributed by atoms with van der Waals surface area (Å²) in [5, 5.41) is 3.35. The Morgan fingerprint density at radius 3 is 2.83 bits per heavy atom. The maximum atomic E-state index is 13.5. The van der Waals surface area contributed by atoms with Crippen LogP contribution >= 0.6 is 0 Å². The highest BCUT2D eigenvalue weighted by atomic mass is 19.1. The number of rotatable bonds is 4. The van der Waals surface area contributed by atoms with Crippen LogP contribution in [0.2, 0.25) is 0 Å². The average molecular weight is 248 g/mol. The van der Waals surface area contributed by atoms with Crippen LogP contribution in [0.4, 0.5) is 4.39 Å². The second-order valence-corrected chi connectivity index (χ2v) is 4.83. The lowest BCUT2D eigenvalue weighted by molar-refractivity contribution is 0.174. The largest absolute Gasteiger partial charge is 0.314 e. The molecule has 0 bridgehead atoms. The Balaban J connectivity index is 2.27. The number of piperazine rings is 1. The van der Waals surface area contributed by atoms with Gasteiger partial charge in [-0.2, -0.15) is 0 Å². The zero-order chi connectivity index (χ0) is 13.0. The second kappa shape index (κ2) is 6.12. The highest BCUT2D eigenvalue weighted by Gasteiger charge is 2.22. The summed E-state index contributed by atoms with van der Waals surface area (Å²) in [4.78, 5) is 2.42. The topological polar surface area (TPSA) is 15.3 Å². The molecule has 0 aromatic heterocycles. The molecule has 0 aliphatic carbocycles. The van der Waals surface area contributed by atoms with Crippen LogP contribution in [0.25, 0.3) is 0 Å². The fraction of sp³-hybridized carbons (Fsp3) is 0.467. The van der Waals surface area contributed by atoms with Gasteiger partial charge in [-0.05, 0) is 36.6 Å². The van der Waals surface area contributed by atoms with Crippen molar-refractivity contribution >= 4 is 0 Å². The molecular weight excluding hydrogens is 227 g/mol. The highest BCUT2D eigenvalue weighted by Crippen LogP contribution is 2.28. The number of halogens is 1. The van der Waals surface area contributed by atoms with Crippen molar-refractivity contribution in [2.45, 2.75) is 19.4 Å². The van der Waals surface area contributed by atoms with Gasteiger partial charge in [0.15, 0.2) is 0 Å². The fourth-order valence-electron chi connectivity index (χ4n) is 2.59. The molecule has 1 fully saturated rings. The van der Waals surface area contributed by atoms with Gasteiger partial charge in [0.05, 0.1) is 0 Å². The molecule has 2 rings (SSSR count). The van der Waals surface area contributed by atoms with E-state index in [9.17, 15) is 4.39 Å². The maximum absolute atomic E-state index is 13.5. The molecular formula is C15H21FN2. The molecule has 0 amide bonds. The van der Waals surface area contributed by atoms with Gasteiger partial charge in [0, 0.05) is 32.2 Å². The third-order valence-corrected chi connectivity index (χ3v) is 3.58. The summed E-state index contributed by atoms with van der Waals surface area (Å²) in [6.07, 6.45) is 2.79. The van der Waals surface area contributed by atoms with E-state index in [0.29, 0.717) is 0 Å². The molecule has 0 radical (unpaired) electrons. The van der Waals surface area contributed by atoms with Gasteiger partial charge in [-0.1, -0.05) is 12.1 Å². The van der Waals surface area contributed by atoms with E-state index >= 15 is 0 Å². The monoisotopic (exact) mass is 248 g/mol. The van der Waals surface area contributed by atoms with Crippen LogP contribution in [0.1, 0.15) is 23.6 Å². The lowest BCUT2D eigenvalue weighted by Crippen LogP contribution is -2.45. The molecule has 3 heteroatoms. The van der Waals surface area contributed by atoms with Crippen LogP contribution < -0.4 is 5.32 Å². The minimum absolute atomic E-state index is 0.153. The van der Waals surface area contributed by atoms with Crippen LogP contribution in [0.3, 0.4) is 0 Å². The standard InChI is InChI=1S/C15H21FN2/c1-3-4-15(18-9-7-17-8-10-18)14-11-13(16)6-5-12(14)2/h3,5-6,11,15,17H,1,4,7-10H2,2H3/t15-/m1/s1. The highest BCUT2D eigenvalue weighted by molar-refractivity contribution is 5.30. The SMILES string of the molecule is C=CC[C@H](c1cc(F)ccc1C)N1CCNCC1. The summed E-state index contributed by atoms with van der Waals surface area (Å²) >= 11 is 0. The van der Waals surface area contributed by atoms with Crippen LogP contribution in [-0.4, -0.2) is 31.1 Å². The first-order valence-electron chi connectivity index (χ1n) is 6.54. The van der Waals surface area contributed by atoms with E-state index in [1.54, 1.807) is 6.07 Å². The van der Waals surface area contributed by atoms with Crippen LogP contribution in [0.15, 0.2) is 30.9 Å². The van der Waals surface area contributed by atoms with Crippen molar-refractivity contribution in [3.63, 3.8) is 0 Å². The molecule has 1 aliphatic rings. The maximum Gasteiger partial charge on any atom is 0.123 e. The van der Waals surface area contributed by atoms with E-state index in [1.165, 1.54) is 6.07 Å². The number of nitrogens with one attached hydrogen (secondary N) is 1. The minimum atomic E-state index is -0.153. The molecule has 0 saturated carbocycles. The predicted octanol–water partition coefficient (Wildman–Crippen LogP) is 2.66. The molecule has 1 atom stereocenters. The molecule has 0 spiro atoms. The van der Waals surface area contributed by atoms with E-state index in [1.807, 2.05) is 19.1 Å². The molecule has 98 valence electrons.